The van der Waals surface area contributed by atoms with Crippen molar-refractivity contribution in [2.45, 2.75) is 24.5 Å². The van der Waals surface area contributed by atoms with E-state index in [4.69, 9.17) is 16.0 Å². The lowest BCUT2D eigenvalue weighted by Crippen LogP contribution is -2.60. The van der Waals surface area contributed by atoms with Gasteiger partial charge in [-0.3, -0.25) is 0 Å². The van der Waals surface area contributed by atoms with E-state index in [2.05, 4.69) is 91.0 Å². The van der Waals surface area contributed by atoms with E-state index in [1.165, 1.54) is 16.3 Å². The predicted octanol–water partition coefficient (Wildman–Crippen LogP) is 5.37. The molecule has 1 unspecified atom stereocenters. The molecule has 1 fully saturated rings. The number of halogens is 1. The van der Waals surface area contributed by atoms with Gasteiger partial charge in [0.05, 0.1) is 0 Å². The molecule has 1 aliphatic heterocycles. The number of alkyl halides is 1. The normalized spacial score (nSPS) is 22.0. The van der Waals surface area contributed by atoms with Crippen molar-refractivity contribution in [2.75, 3.05) is 5.50 Å². The Kier molecular flexibility index (Phi) is 4.99. The summed E-state index contributed by atoms with van der Waals surface area (Å²) in [5.74, 6) is 0. The third-order valence-electron chi connectivity index (χ3n) is 5.48. The molecule has 0 amide bonds. The molecule has 132 valence electrons. The molecule has 3 aromatic rings. The molecule has 1 heterocycles. The number of rotatable bonds is 4. The van der Waals surface area contributed by atoms with Crippen LogP contribution in [0, 0.1) is 0 Å². The van der Waals surface area contributed by atoms with Gasteiger partial charge in [-0.2, -0.15) is 0 Å². The quantitative estimate of drug-likeness (QED) is 0.438. The summed E-state index contributed by atoms with van der Waals surface area (Å²) < 4.78 is 7.18. The first kappa shape index (κ1) is 17.5. The van der Waals surface area contributed by atoms with E-state index in [-0.39, 0.29) is 0 Å². The average Bonchev–Trinajstić information content (AvgIpc) is 2.75. The largest absolute Gasteiger partial charge is 0.398 e. The van der Waals surface area contributed by atoms with Crippen molar-refractivity contribution in [3.05, 3.63) is 102 Å². The molecule has 3 aromatic carbocycles. The van der Waals surface area contributed by atoms with Crippen molar-refractivity contribution in [2.24, 2.45) is 0 Å². The Hall–Kier alpha value is -1.87. The Bertz CT molecular complexity index is 798. The number of hydrogen-bond acceptors (Lipinski definition) is 1. The number of hydrogen-bond donors (Lipinski definition) is 0. The minimum Gasteiger partial charge on any atom is -0.398 e. The first-order chi connectivity index (χ1) is 12.8. The van der Waals surface area contributed by atoms with Crippen molar-refractivity contribution < 1.29 is 4.43 Å². The van der Waals surface area contributed by atoms with Gasteiger partial charge in [0.2, 0.25) is 8.32 Å². The van der Waals surface area contributed by atoms with Crippen LogP contribution < -0.4 is 5.19 Å². The van der Waals surface area contributed by atoms with Crippen LogP contribution in [-0.2, 0) is 10.0 Å². The summed E-state index contributed by atoms with van der Waals surface area (Å²) in [6.45, 7) is 0. The Morgan fingerprint density at radius 3 is 1.77 bits per heavy atom. The molecule has 0 spiro atoms. The van der Waals surface area contributed by atoms with Crippen LogP contribution in [0.25, 0.3) is 0 Å². The van der Waals surface area contributed by atoms with Crippen LogP contribution in [0.2, 0.25) is 6.04 Å². The maximum absolute atomic E-state index is 7.18. The Balaban J connectivity index is 1.87. The van der Waals surface area contributed by atoms with Gasteiger partial charge in [0.1, 0.15) is 5.60 Å². The Morgan fingerprint density at radius 1 is 0.769 bits per heavy atom. The van der Waals surface area contributed by atoms with Crippen LogP contribution in [0.4, 0.5) is 0 Å². The third kappa shape index (κ3) is 3.03. The van der Waals surface area contributed by atoms with Gasteiger partial charge in [0, 0.05) is 5.50 Å². The second kappa shape index (κ2) is 7.40. The lowest BCUT2D eigenvalue weighted by Gasteiger charge is -2.48. The molecule has 0 aliphatic carbocycles. The van der Waals surface area contributed by atoms with E-state index >= 15 is 0 Å². The molecule has 4 rings (SSSR count). The third-order valence-corrected chi connectivity index (χ3v) is 10.5. The van der Waals surface area contributed by atoms with Crippen LogP contribution in [0.1, 0.15) is 24.0 Å². The first-order valence-corrected chi connectivity index (χ1v) is 12.1. The fourth-order valence-corrected chi connectivity index (χ4v) is 8.59. The Labute approximate surface area is 161 Å². The minimum absolute atomic E-state index is 0.419. The predicted molar refractivity (Wildman–Crippen MR) is 111 cm³/mol. The van der Waals surface area contributed by atoms with Gasteiger partial charge in [-0.05, 0) is 35.2 Å². The molecular formula is C23H23ClOSi. The summed E-state index contributed by atoms with van der Waals surface area (Å²) in [7, 11) is -2.27. The molecule has 1 atom stereocenters. The van der Waals surface area contributed by atoms with Crippen LogP contribution in [0.3, 0.4) is 0 Å². The lowest BCUT2D eigenvalue weighted by atomic mass is 9.83. The fraction of sp³-hybridized carbons (Fsp3) is 0.217. The highest BCUT2D eigenvalue weighted by Gasteiger charge is 2.50. The molecule has 0 saturated carbocycles. The van der Waals surface area contributed by atoms with Gasteiger partial charge in [0.25, 0.3) is 0 Å². The van der Waals surface area contributed by atoms with Crippen molar-refractivity contribution in [3.63, 3.8) is 0 Å². The summed E-state index contributed by atoms with van der Waals surface area (Å²) in [5.41, 5.74) is 2.61. The monoisotopic (exact) mass is 378 g/mol. The zero-order chi connectivity index (χ0) is 17.9. The second-order valence-electron chi connectivity index (χ2n) is 7.01. The van der Waals surface area contributed by atoms with Crippen molar-refractivity contribution >= 4 is 25.1 Å². The van der Waals surface area contributed by atoms with E-state index in [1.807, 2.05) is 0 Å². The zero-order valence-corrected chi connectivity index (χ0v) is 16.5. The van der Waals surface area contributed by atoms with Gasteiger partial charge >= 0.3 is 0 Å². The van der Waals surface area contributed by atoms with Gasteiger partial charge in [-0.1, -0.05) is 91.0 Å². The van der Waals surface area contributed by atoms with Crippen LogP contribution in [0.5, 0.6) is 0 Å². The molecular weight excluding hydrogens is 356 g/mol. The van der Waals surface area contributed by atoms with Gasteiger partial charge in [-0.25, -0.2) is 0 Å². The molecule has 0 N–H and O–H groups in total. The standard InChI is InChI=1S/C23H23ClOSi/c24-19-26(22-15-8-3-9-16-22)18-10-17-23(25-26,20-11-4-1-5-12-20)21-13-6-2-7-14-21/h1-9,11-16H,10,17-19H2. The zero-order valence-electron chi connectivity index (χ0n) is 14.8. The molecule has 26 heavy (non-hydrogen) atoms. The van der Waals surface area contributed by atoms with Crippen LogP contribution >= 0.6 is 11.6 Å². The second-order valence-corrected chi connectivity index (χ2v) is 11.3. The maximum Gasteiger partial charge on any atom is 0.240 e. The van der Waals surface area contributed by atoms with Gasteiger partial charge in [0.15, 0.2) is 0 Å². The van der Waals surface area contributed by atoms with E-state index in [9.17, 15) is 0 Å². The highest BCUT2D eigenvalue weighted by Crippen LogP contribution is 2.45. The van der Waals surface area contributed by atoms with E-state index in [1.54, 1.807) is 0 Å². The molecule has 1 aliphatic rings. The molecule has 0 radical (unpaired) electrons. The first-order valence-electron chi connectivity index (χ1n) is 9.22. The van der Waals surface area contributed by atoms with Crippen molar-refractivity contribution in [1.82, 2.24) is 0 Å². The van der Waals surface area contributed by atoms with Gasteiger partial charge in [-0.15, -0.1) is 11.6 Å². The van der Waals surface area contributed by atoms with Crippen molar-refractivity contribution in [3.8, 4) is 0 Å². The molecule has 3 heteroatoms. The van der Waals surface area contributed by atoms with E-state index in [0.29, 0.717) is 5.50 Å². The lowest BCUT2D eigenvalue weighted by molar-refractivity contribution is 0.0745. The molecule has 0 aromatic heterocycles. The van der Waals surface area contributed by atoms with Gasteiger partial charge < -0.3 is 4.43 Å². The fourth-order valence-electron chi connectivity index (χ4n) is 4.16. The maximum atomic E-state index is 7.18. The Morgan fingerprint density at radius 2 is 1.27 bits per heavy atom. The average molecular weight is 379 g/mol. The molecule has 1 nitrogen and oxygen atoms in total. The highest BCUT2D eigenvalue weighted by atomic mass is 35.5. The summed E-state index contributed by atoms with van der Waals surface area (Å²) in [6.07, 6.45) is 2.11. The SMILES string of the molecule is ClC[Si]1(c2ccccc2)CCCC(c2ccccc2)(c2ccccc2)O1. The molecule has 0 bridgehead atoms. The molecule has 1 saturated heterocycles. The summed E-state index contributed by atoms with van der Waals surface area (Å²) in [5, 5.41) is 1.30. The highest BCUT2D eigenvalue weighted by molar-refractivity contribution is 6.91. The summed E-state index contributed by atoms with van der Waals surface area (Å²) in [4.78, 5) is 0. The smallest absolute Gasteiger partial charge is 0.240 e. The minimum atomic E-state index is -2.27. The van der Waals surface area contributed by atoms with E-state index < -0.39 is 13.9 Å². The topological polar surface area (TPSA) is 9.23 Å². The number of benzene rings is 3. The van der Waals surface area contributed by atoms with Crippen LogP contribution in [-0.4, -0.2) is 13.8 Å². The summed E-state index contributed by atoms with van der Waals surface area (Å²) in [6, 6.07) is 33.0. The summed E-state index contributed by atoms with van der Waals surface area (Å²) >= 11 is 6.61. The van der Waals surface area contributed by atoms with E-state index in [0.717, 1.165) is 18.9 Å². The van der Waals surface area contributed by atoms with Crippen molar-refractivity contribution in [1.29, 1.82) is 0 Å². The van der Waals surface area contributed by atoms with Crippen LogP contribution in [0.15, 0.2) is 91.0 Å².